The molecule has 1 aliphatic carbocycles. The van der Waals surface area contributed by atoms with E-state index in [-0.39, 0.29) is 0 Å². The fraction of sp³-hybridized carbons (Fsp3) is 0.600. The molecule has 1 saturated carbocycles. The quantitative estimate of drug-likeness (QED) is 0.793. The van der Waals surface area contributed by atoms with Gasteiger partial charge in [-0.2, -0.15) is 0 Å². The van der Waals surface area contributed by atoms with Gasteiger partial charge in [0, 0.05) is 16.2 Å². The fourth-order valence-electron chi connectivity index (χ4n) is 2.67. The summed E-state index contributed by atoms with van der Waals surface area (Å²) in [5.41, 5.74) is 1.93. The Balaban J connectivity index is 1.88. The van der Waals surface area contributed by atoms with Crippen LogP contribution in [0.2, 0.25) is 0 Å². The summed E-state index contributed by atoms with van der Waals surface area (Å²) in [6.07, 6.45) is 5.60. The minimum atomic E-state index is 0.462. The molecule has 0 bridgehead atoms. The lowest BCUT2D eigenvalue weighted by Crippen LogP contribution is -2.31. The average Bonchev–Trinajstić information content (AvgIpc) is 2.75. The van der Waals surface area contributed by atoms with Crippen LogP contribution in [-0.4, -0.2) is 6.54 Å². The molecule has 0 aliphatic heterocycles. The second-order valence-corrected chi connectivity index (χ2v) is 6.92. The molecule has 0 amide bonds. The molecule has 1 N–H and O–H groups in total. The number of benzene rings is 1. The molecular formula is C15H22IN. The number of hydrogen-bond acceptors (Lipinski definition) is 1. The zero-order valence-corrected chi connectivity index (χ0v) is 13.0. The number of rotatable bonds is 4. The SMILES string of the molecule is CC(NCC1(C)CCCC1)c1ccc(I)cc1. The summed E-state index contributed by atoms with van der Waals surface area (Å²) in [6, 6.07) is 9.30. The topological polar surface area (TPSA) is 12.0 Å². The van der Waals surface area contributed by atoms with Crippen LogP contribution in [0.1, 0.15) is 51.1 Å². The van der Waals surface area contributed by atoms with E-state index in [4.69, 9.17) is 0 Å². The highest BCUT2D eigenvalue weighted by atomic mass is 127. The van der Waals surface area contributed by atoms with E-state index in [0.717, 1.165) is 6.54 Å². The van der Waals surface area contributed by atoms with E-state index in [9.17, 15) is 0 Å². The Labute approximate surface area is 119 Å². The summed E-state index contributed by atoms with van der Waals surface area (Å²) < 4.78 is 1.31. The van der Waals surface area contributed by atoms with Crippen molar-refractivity contribution in [1.29, 1.82) is 0 Å². The van der Waals surface area contributed by atoms with E-state index in [1.165, 1.54) is 34.8 Å². The van der Waals surface area contributed by atoms with Crippen molar-refractivity contribution in [2.24, 2.45) is 5.41 Å². The molecule has 1 fully saturated rings. The molecule has 94 valence electrons. The van der Waals surface area contributed by atoms with Crippen LogP contribution in [0.15, 0.2) is 24.3 Å². The molecule has 17 heavy (non-hydrogen) atoms. The van der Waals surface area contributed by atoms with E-state index < -0.39 is 0 Å². The third-order valence-electron chi connectivity index (χ3n) is 4.02. The molecule has 1 aromatic carbocycles. The second-order valence-electron chi connectivity index (χ2n) is 5.67. The first-order valence-electron chi connectivity index (χ1n) is 6.58. The van der Waals surface area contributed by atoms with Crippen molar-refractivity contribution in [3.05, 3.63) is 33.4 Å². The molecule has 1 unspecified atom stereocenters. The third kappa shape index (κ3) is 3.68. The summed E-state index contributed by atoms with van der Waals surface area (Å²) in [5, 5.41) is 3.70. The van der Waals surface area contributed by atoms with E-state index >= 15 is 0 Å². The van der Waals surface area contributed by atoms with Gasteiger partial charge in [0.1, 0.15) is 0 Å². The first-order chi connectivity index (χ1) is 8.09. The van der Waals surface area contributed by atoms with Gasteiger partial charge >= 0.3 is 0 Å². The van der Waals surface area contributed by atoms with Crippen molar-refractivity contribution in [3.8, 4) is 0 Å². The highest BCUT2D eigenvalue weighted by Crippen LogP contribution is 2.37. The molecule has 1 atom stereocenters. The predicted octanol–water partition coefficient (Wildman–Crippen LogP) is 4.52. The first-order valence-corrected chi connectivity index (χ1v) is 7.66. The van der Waals surface area contributed by atoms with Crippen LogP contribution in [0, 0.1) is 8.99 Å². The molecule has 0 spiro atoms. The zero-order valence-electron chi connectivity index (χ0n) is 10.8. The van der Waals surface area contributed by atoms with Crippen molar-refractivity contribution < 1.29 is 0 Å². The Morgan fingerprint density at radius 1 is 1.24 bits per heavy atom. The Bertz CT molecular complexity index is 352. The monoisotopic (exact) mass is 343 g/mol. The smallest absolute Gasteiger partial charge is 0.0292 e. The van der Waals surface area contributed by atoms with Crippen LogP contribution in [0.4, 0.5) is 0 Å². The highest BCUT2D eigenvalue weighted by Gasteiger charge is 2.28. The molecule has 1 aliphatic rings. The van der Waals surface area contributed by atoms with Crippen LogP contribution in [-0.2, 0) is 0 Å². The maximum Gasteiger partial charge on any atom is 0.0292 e. The number of hydrogen-bond donors (Lipinski definition) is 1. The van der Waals surface area contributed by atoms with Gasteiger partial charge < -0.3 is 5.32 Å². The van der Waals surface area contributed by atoms with E-state index in [1.54, 1.807) is 0 Å². The molecule has 0 saturated heterocycles. The lowest BCUT2D eigenvalue weighted by molar-refractivity contribution is 0.302. The largest absolute Gasteiger partial charge is 0.310 e. The van der Waals surface area contributed by atoms with Crippen molar-refractivity contribution in [3.63, 3.8) is 0 Å². The van der Waals surface area contributed by atoms with Crippen LogP contribution in [0.5, 0.6) is 0 Å². The predicted molar refractivity (Wildman–Crippen MR) is 82.2 cm³/mol. The van der Waals surface area contributed by atoms with E-state index in [2.05, 4.69) is 66.0 Å². The molecule has 1 nitrogen and oxygen atoms in total. The lowest BCUT2D eigenvalue weighted by Gasteiger charge is -2.26. The van der Waals surface area contributed by atoms with Gasteiger partial charge in [-0.1, -0.05) is 31.9 Å². The van der Waals surface area contributed by atoms with Crippen molar-refractivity contribution in [2.75, 3.05) is 6.54 Å². The van der Waals surface area contributed by atoms with Gasteiger partial charge in [0.15, 0.2) is 0 Å². The van der Waals surface area contributed by atoms with Gasteiger partial charge in [-0.15, -0.1) is 0 Å². The van der Waals surface area contributed by atoms with E-state index in [0.29, 0.717) is 11.5 Å². The lowest BCUT2D eigenvalue weighted by atomic mass is 9.88. The summed E-state index contributed by atoms with van der Waals surface area (Å²) in [6.45, 7) is 5.84. The van der Waals surface area contributed by atoms with Crippen molar-refractivity contribution in [2.45, 2.75) is 45.6 Å². The Morgan fingerprint density at radius 3 is 2.41 bits per heavy atom. The van der Waals surface area contributed by atoms with Gasteiger partial charge in [0.25, 0.3) is 0 Å². The molecule has 1 aromatic rings. The van der Waals surface area contributed by atoms with Gasteiger partial charge in [-0.25, -0.2) is 0 Å². The Hall–Kier alpha value is -0.0900. The minimum Gasteiger partial charge on any atom is -0.310 e. The Kier molecular flexibility index (Phi) is 4.47. The molecule has 0 radical (unpaired) electrons. The summed E-state index contributed by atoms with van der Waals surface area (Å²) in [5.74, 6) is 0. The maximum atomic E-state index is 3.70. The standard InChI is InChI=1S/C15H22IN/c1-12(13-5-7-14(16)8-6-13)17-11-15(2)9-3-4-10-15/h5-8,12,17H,3-4,9-11H2,1-2H3. The number of nitrogens with one attached hydrogen (secondary N) is 1. The van der Waals surface area contributed by atoms with Crippen molar-refractivity contribution >= 4 is 22.6 Å². The minimum absolute atomic E-state index is 0.462. The summed E-state index contributed by atoms with van der Waals surface area (Å²) >= 11 is 2.35. The molecule has 0 heterocycles. The zero-order chi connectivity index (χ0) is 12.3. The van der Waals surface area contributed by atoms with Crippen LogP contribution >= 0.6 is 22.6 Å². The average molecular weight is 343 g/mol. The van der Waals surface area contributed by atoms with Gasteiger partial charge in [0.2, 0.25) is 0 Å². The molecule has 2 rings (SSSR count). The van der Waals surface area contributed by atoms with Gasteiger partial charge in [-0.05, 0) is 65.5 Å². The van der Waals surface area contributed by atoms with Crippen LogP contribution in [0.25, 0.3) is 0 Å². The summed E-state index contributed by atoms with van der Waals surface area (Å²) in [4.78, 5) is 0. The van der Waals surface area contributed by atoms with Gasteiger partial charge in [0.05, 0.1) is 0 Å². The highest BCUT2D eigenvalue weighted by molar-refractivity contribution is 14.1. The first kappa shape index (κ1) is 13.3. The van der Waals surface area contributed by atoms with E-state index in [1.807, 2.05) is 0 Å². The molecule has 0 aromatic heterocycles. The van der Waals surface area contributed by atoms with Crippen LogP contribution in [0.3, 0.4) is 0 Å². The van der Waals surface area contributed by atoms with Crippen molar-refractivity contribution in [1.82, 2.24) is 5.32 Å². The normalized spacial score (nSPS) is 20.4. The third-order valence-corrected chi connectivity index (χ3v) is 4.73. The van der Waals surface area contributed by atoms with Crippen LogP contribution < -0.4 is 5.32 Å². The number of halogens is 1. The summed E-state index contributed by atoms with van der Waals surface area (Å²) in [7, 11) is 0. The molecule has 2 heteroatoms. The Morgan fingerprint density at radius 2 is 1.82 bits per heavy atom. The molecular weight excluding hydrogens is 321 g/mol. The fourth-order valence-corrected chi connectivity index (χ4v) is 3.03. The maximum absolute atomic E-state index is 3.70. The van der Waals surface area contributed by atoms with Gasteiger partial charge in [-0.3, -0.25) is 0 Å². The second kappa shape index (κ2) is 5.70.